The number of nitrogens with one attached hydrogen (secondary N) is 3. The highest BCUT2D eigenvalue weighted by molar-refractivity contribution is 9.12. The number of thiophene rings is 1. The number of aromatic nitrogens is 1. The summed E-state index contributed by atoms with van der Waals surface area (Å²) in [6, 6.07) is 3.76. The molecule has 2 bridgehead atoms. The maximum absolute atomic E-state index is 13.4. The van der Waals surface area contributed by atoms with Gasteiger partial charge < -0.3 is 25.3 Å². The fourth-order valence-electron chi connectivity index (χ4n) is 6.14. The number of carbonyl (C=O) groups is 4. The van der Waals surface area contributed by atoms with Gasteiger partial charge in [0.25, 0.3) is 11.5 Å². The van der Waals surface area contributed by atoms with Crippen molar-refractivity contribution < 1.29 is 23.9 Å². The van der Waals surface area contributed by atoms with Crippen molar-refractivity contribution >= 4 is 72.6 Å². The minimum atomic E-state index is -1.02. The third kappa shape index (κ3) is 8.89. The van der Waals surface area contributed by atoms with E-state index >= 15 is 0 Å². The first-order valence-corrected chi connectivity index (χ1v) is 16.8. The van der Waals surface area contributed by atoms with Gasteiger partial charge in [-0.15, -0.1) is 11.3 Å². The Balaban J connectivity index is 1.43. The third-order valence-corrected chi connectivity index (χ3v) is 10.5. The zero-order valence-corrected chi connectivity index (χ0v) is 28.1. The van der Waals surface area contributed by atoms with Crippen molar-refractivity contribution in [3.8, 4) is 0 Å². The quantitative estimate of drug-likeness (QED) is 0.219. The van der Waals surface area contributed by atoms with Crippen LogP contribution in [0.2, 0.25) is 0 Å². The summed E-state index contributed by atoms with van der Waals surface area (Å²) in [5.41, 5.74) is -0.185. The number of hydrogen-bond donors (Lipinski definition) is 3. The van der Waals surface area contributed by atoms with Crippen LogP contribution < -0.4 is 21.5 Å². The molecule has 10 nitrogen and oxygen atoms in total. The molecule has 0 saturated heterocycles. The van der Waals surface area contributed by atoms with Crippen LogP contribution in [0.1, 0.15) is 62.2 Å². The van der Waals surface area contributed by atoms with E-state index < -0.39 is 29.4 Å². The van der Waals surface area contributed by atoms with Gasteiger partial charge in [-0.1, -0.05) is 25.8 Å². The van der Waals surface area contributed by atoms with Crippen LogP contribution in [0.25, 0.3) is 0 Å². The first-order chi connectivity index (χ1) is 20.5. The topological polar surface area (TPSA) is 136 Å². The maximum atomic E-state index is 13.4. The van der Waals surface area contributed by atoms with E-state index in [-0.39, 0.29) is 37.0 Å². The van der Waals surface area contributed by atoms with Crippen molar-refractivity contribution in [2.75, 3.05) is 12.4 Å². The number of halogens is 2. The normalized spacial score (nSPS) is 22.0. The van der Waals surface area contributed by atoms with E-state index in [1.807, 2.05) is 0 Å². The van der Waals surface area contributed by atoms with Crippen LogP contribution in [0.3, 0.4) is 0 Å². The van der Waals surface area contributed by atoms with Gasteiger partial charge in [-0.3, -0.25) is 19.2 Å². The van der Waals surface area contributed by atoms with Gasteiger partial charge >= 0.3 is 5.97 Å². The molecule has 43 heavy (non-hydrogen) atoms. The standard InChI is InChI=1S/C30H36Br2N4O6S/c1-17-13-18-7-5-8-19(14-18)26(17)35-24(37)16-36-12-6-10-22(30(36)41)34-29(40)21(9-3-4-11-25(38)42-2)33-28(39)20-15-23(31)43-27(20)32/h4,6,10-12,15,17-19,21,26H,3,5,7-9,13-14,16H2,1-2H3,(H,33,39)(H,34,40)(H,35,37)/b11-4+. The Labute approximate surface area is 271 Å². The van der Waals surface area contributed by atoms with Gasteiger partial charge in [-0.25, -0.2) is 4.79 Å². The van der Waals surface area contributed by atoms with Gasteiger partial charge in [0.05, 0.1) is 20.2 Å². The molecule has 2 heterocycles. The highest BCUT2D eigenvalue weighted by Gasteiger charge is 2.38. The highest BCUT2D eigenvalue weighted by atomic mass is 79.9. The number of anilines is 1. The fraction of sp³-hybridized carbons (Fsp3) is 0.500. The molecule has 2 aromatic rings. The van der Waals surface area contributed by atoms with Gasteiger partial charge in [-0.2, -0.15) is 0 Å². The van der Waals surface area contributed by atoms with E-state index in [0.717, 1.165) is 29.0 Å². The van der Waals surface area contributed by atoms with Gasteiger partial charge in [0.15, 0.2) is 0 Å². The van der Waals surface area contributed by atoms with Crippen LogP contribution in [0.15, 0.2) is 48.9 Å². The van der Waals surface area contributed by atoms with Crippen molar-refractivity contribution in [3.05, 3.63) is 60.0 Å². The molecule has 2 aliphatic rings. The smallest absolute Gasteiger partial charge is 0.330 e. The largest absolute Gasteiger partial charge is 0.466 e. The minimum absolute atomic E-state index is 0.00901. The van der Waals surface area contributed by atoms with E-state index in [0.29, 0.717) is 21.2 Å². The van der Waals surface area contributed by atoms with Crippen LogP contribution in [-0.4, -0.2) is 47.5 Å². The Bertz CT molecular complexity index is 1440. The molecule has 2 fully saturated rings. The predicted molar refractivity (Wildman–Crippen MR) is 172 cm³/mol. The molecule has 3 amide bonds. The number of methoxy groups -OCH3 is 1. The molecule has 5 atom stereocenters. The number of esters is 1. The van der Waals surface area contributed by atoms with E-state index in [4.69, 9.17) is 0 Å². The number of nitrogens with zero attached hydrogens (tertiary/aromatic N) is 1. The van der Waals surface area contributed by atoms with Gasteiger partial charge in [-0.05, 0) is 99.9 Å². The van der Waals surface area contributed by atoms with E-state index in [1.165, 1.54) is 54.2 Å². The third-order valence-electron chi connectivity index (χ3n) is 8.17. The minimum Gasteiger partial charge on any atom is -0.466 e. The molecule has 13 heteroatoms. The molecule has 0 aromatic carbocycles. The molecule has 0 aliphatic heterocycles. The zero-order chi connectivity index (χ0) is 31.1. The molecule has 2 aromatic heterocycles. The second-order valence-electron chi connectivity index (χ2n) is 11.2. The SMILES string of the molecule is COC(=O)/C=C/CCC(NC(=O)c1cc(Br)sc1Br)C(=O)Nc1cccn(CC(=O)NC2C(C)CC3CCCC2C3)c1=O. The van der Waals surface area contributed by atoms with Crippen LogP contribution in [-0.2, 0) is 25.7 Å². The number of carbonyl (C=O) groups excluding carboxylic acids is 4. The number of pyridine rings is 1. The van der Waals surface area contributed by atoms with Crippen LogP contribution in [0.5, 0.6) is 0 Å². The lowest BCUT2D eigenvalue weighted by Gasteiger charge is -2.44. The number of hydrogen-bond acceptors (Lipinski definition) is 7. The average Bonchev–Trinajstić information content (AvgIpc) is 3.32. The summed E-state index contributed by atoms with van der Waals surface area (Å²) in [4.78, 5) is 64.1. The van der Waals surface area contributed by atoms with Crippen molar-refractivity contribution in [2.45, 2.75) is 70.5 Å². The summed E-state index contributed by atoms with van der Waals surface area (Å²) in [6.45, 7) is 2.02. The molecular weight excluding hydrogens is 704 g/mol. The summed E-state index contributed by atoms with van der Waals surface area (Å²) in [7, 11) is 1.26. The molecule has 0 radical (unpaired) electrons. The van der Waals surface area contributed by atoms with E-state index in [2.05, 4.69) is 59.5 Å². The predicted octanol–water partition coefficient (Wildman–Crippen LogP) is 5.01. The van der Waals surface area contributed by atoms with Crippen LogP contribution in [0, 0.1) is 17.8 Å². The Morgan fingerprint density at radius 3 is 2.72 bits per heavy atom. The fourth-order valence-corrected chi connectivity index (χ4v) is 8.94. The number of allylic oxidation sites excluding steroid dienone is 1. The second-order valence-corrected chi connectivity index (χ2v) is 15.0. The number of rotatable bonds is 11. The second kappa shape index (κ2) is 15.3. The van der Waals surface area contributed by atoms with Gasteiger partial charge in [0, 0.05) is 18.3 Å². The first-order valence-electron chi connectivity index (χ1n) is 14.4. The van der Waals surface area contributed by atoms with Crippen LogP contribution >= 0.6 is 43.2 Å². The van der Waals surface area contributed by atoms with Crippen molar-refractivity contribution in [3.63, 3.8) is 0 Å². The molecule has 232 valence electrons. The molecule has 0 spiro atoms. The van der Waals surface area contributed by atoms with Crippen LogP contribution in [0.4, 0.5) is 5.69 Å². The van der Waals surface area contributed by atoms with Crippen molar-refractivity contribution in [1.29, 1.82) is 0 Å². The summed E-state index contributed by atoms with van der Waals surface area (Å²) < 4.78 is 7.19. The number of fused-ring (bicyclic) bond motifs is 2. The summed E-state index contributed by atoms with van der Waals surface area (Å²) >= 11 is 8.02. The first kappa shape index (κ1) is 33.1. The lowest BCUT2D eigenvalue weighted by molar-refractivity contribution is -0.134. The van der Waals surface area contributed by atoms with E-state index in [9.17, 15) is 24.0 Å². The Morgan fingerprint density at radius 1 is 1.21 bits per heavy atom. The summed E-state index contributed by atoms with van der Waals surface area (Å²) in [6.07, 6.45) is 10.6. The Hall–Kier alpha value is -2.77. The van der Waals surface area contributed by atoms with Gasteiger partial charge in [0.2, 0.25) is 11.8 Å². The number of amides is 3. The number of ether oxygens (including phenoxy) is 1. The Morgan fingerprint density at radius 2 is 2.00 bits per heavy atom. The molecule has 2 saturated carbocycles. The molecule has 4 rings (SSSR count). The maximum Gasteiger partial charge on any atom is 0.330 e. The van der Waals surface area contributed by atoms with Crippen molar-refractivity contribution in [2.24, 2.45) is 17.8 Å². The summed E-state index contributed by atoms with van der Waals surface area (Å²) in [5, 5.41) is 8.53. The molecule has 5 unspecified atom stereocenters. The molecular formula is C30H36Br2N4O6S. The zero-order valence-electron chi connectivity index (χ0n) is 24.1. The lowest BCUT2D eigenvalue weighted by atomic mass is 9.65. The van der Waals surface area contributed by atoms with E-state index in [1.54, 1.807) is 18.2 Å². The summed E-state index contributed by atoms with van der Waals surface area (Å²) in [5.74, 6) is -0.244. The Kier molecular flexibility index (Phi) is 11.8. The highest BCUT2D eigenvalue weighted by Crippen LogP contribution is 2.42. The lowest BCUT2D eigenvalue weighted by Crippen LogP contribution is -2.50. The average molecular weight is 741 g/mol. The monoisotopic (exact) mass is 738 g/mol. The molecule has 3 N–H and O–H groups in total. The van der Waals surface area contributed by atoms with Crippen molar-refractivity contribution in [1.82, 2.24) is 15.2 Å². The molecule has 2 aliphatic carbocycles. The van der Waals surface area contributed by atoms with Gasteiger partial charge in [0.1, 0.15) is 18.3 Å².